The molecule has 24 heavy (non-hydrogen) atoms. The molecule has 0 aromatic carbocycles. The Morgan fingerprint density at radius 3 is 2.75 bits per heavy atom. The van der Waals surface area contributed by atoms with Gasteiger partial charge >= 0.3 is 0 Å². The Hall–Kier alpha value is -1.77. The third kappa shape index (κ3) is 3.35. The first-order chi connectivity index (χ1) is 11.4. The van der Waals surface area contributed by atoms with Crippen molar-refractivity contribution in [1.82, 2.24) is 9.29 Å². The quantitative estimate of drug-likeness (QED) is 0.903. The number of anilines is 1. The van der Waals surface area contributed by atoms with Crippen molar-refractivity contribution in [2.24, 2.45) is 0 Å². The second kappa shape index (κ2) is 6.62. The summed E-state index contributed by atoms with van der Waals surface area (Å²) in [4.78, 5) is 17.7. The van der Waals surface area contributed by atoms with E-state index in [1.807, 2.05) is 19.9 Å². The molecule has 0 saturated carbocycles. The van der Waals surface area contributed by atoms with Crippen LogP contribution in [-0.2, 0) is 14.8 Å². The van der Waals surface area contributed by atoms with E-state index in [1.54, 1.807) is 24.3 Å². The van der Waals surface area contributed by atoms with Gasteiger partial charge < -0.3 is 5.32 Å². The molecule has 1 N–H and O–H groups in total. The zero-order valence-electron chi connectivity index (χ0n) is 13.5. The van der Waals surface area contributed by atoms with Gasteiger partial charge in [-0.1, -0.05) is 6.07 Å². The smallest absolute Gasteiger partial charge is 0.253 e. The third-order valence-corrected chi connectivity index (χ3v) is 7.30. The van der Waals surface area contributed by atoms with E-state index >= 15 is 0 Å². The van der Waals surface area contributed by atoms with Crippen LogP contribution >= 0.6 is 11.3 Å². The molecule has 1 amide bonds. The summed E-state index contributed by atoms with van der Waals surface area (Å²) in [6, 6.07) is 8.02. The van der Waals surface area contributed by atoms with E-state index in [-0.39, 0.29) is 10.1 Å². The number of hydrogen-bond donors (Lipinski definition) is 1. The van der Waals surface area contributed by atoms with Crippen molar-refractivity contribution < 1.29 is 13.2 Å². The van der Waals surface area contributed by atoms with Crippen LogP contribution in [0.5, 0.6) is 0 Å². The molecule has 6 nitrogen and oxygen atoms in total. The van der Waals surface area contributed by atoms with Gasteiger partial charge in [-0.3, -0.25) is 4.79 Å². The first-order valence-corrected chi connectivity index (χ1v) is 9.96. The zero-order valence-corrected chi connectivity index (χ0v) is 15.2. The van der Waals surface area contributed by atoms with Crippen LogP contribution < -0.4 is 5.32 Å². The van der Waals surface area contributed by atoms with Crippen molar-refractivity contribution >= 4 is 33.1 Å². The second-order valence-corrected chi connectivity index (χ2v) is 9.20. The number of carbonyl (C=O) groups excluding carboxylic acids is 1. The van der Waals surface area contributed by atoms with Crippen molar-refractivity contribution in [3.63, 3.8) is 0 Å². The van der Waals surface area contributed by atoms with Crippen molar-refractivity contribution in [2.75, 3.05) is 11.9 Å². The number of pyridine rings is 1. The minimum absolute atomic E-state index is 0.286. The van der Waals surface area contributed by atoms with Crippen LogP contribution in [0.15, 0.2) is 34.5 Å². The number of amides is 1. The number of nitrogens with zero attached hydrogens (tertiary/aromatic N) is 2. The predicted octanol–water partition coefficient (Wildman–Crippen LogP) is 2.55. The SMILES string of the molecule is Cc1cccc(NC(=O)C2CCCN2S(=O)(=O)c2ccc(C)s2)n1. The van der Waals surface area contributed by atoms with Crippen molar-refractivity contribution in [3.05, 3.63) is 40.9 Å². The average Bonchev–Trinajstić information content (AvgIpc) is 3.16. The van der Waals surface area contributed by atoms with Gasteiger partial charge in [0.25, 0.3) is 10.0 Å². The largest absolute Gasteiger partial charge is 0.309 e. The Morgan fingerprint density at radius 1 is 1.29 bits per heavy atom. The number of thiophene rings is 1. The van der Waals surface area contributed by atoms with Crippen LogP contribution in [0.1, 0.15) is 23.4 Å². The number of aryl methyl sites for hydroxylation is 2. The Balaban J connectivity index is 1.81. The molecular formula is C16H19N3O3S2. The Bertz CT molecular complexity index is 861. The van der Waals surface area contributed by atoms with Gasteiger partial charge in [0.05, 0.1) is 0 Å². The first kappa shape index (κ1) is 17.1. The molecule has 0 aliphatic carbocycles. The summed E-state index contributed by atoms with van der Waals surface area (Å²) in [6.45, 7) is 4.06. The number of sulfonamides is 1. The highest BCUT2D eigenvalue weighted by Gasteiger charge is 2.40. The molecule has 0 radical (unpaired) electrons. The van der Waals surface area contributed by atoms with E-state index < -0.39 is 16.1 Å². The summed E-state index contributed by atoms with van der Waals surface area (Å²) < 4.78 is 27.2. The van der Waals surface area contributed by atoms with Crippen molar-refractivity contribution in [2.45, 2.75) is 36.9 Å². The summed E-state index contributed by atoms with van der Waals surface area (Å²) in [5.41, 5.74) is 0.790. The molecule has 2 aromatic rings. The molecule has 1 atom stereocenters. The second-order valence-electron chi connectivity index (χ2n) is 5.79. The number of aromatic nitrogens is 1. The normalized spacial score (nSPS) is 18.7. The van der Waals surface area contributed by atoms with Crippen molar-refractivity contribution in [3.8, 4) is 0 Å². The van der Waals surface area contributed by atoms with E-state index in [0.717, 1.165) is 10.6 Å². The summed E-state index contributed by atoms with van der Waals surface area (Å²) in [7, 11) is -3.64. The molecule has 0 spiro atoms. The zero-order chi connectivity index (χ0) is 17.3. The van der Waals surface area contributed by atoms with Gasteiger partial charge in [-0.05, 0) is 51.0 Å². The summed E-state index contributed by atoms with van der Waals surface area (Å²) in [5.74, 6) is 0.110. The lowest BCUT2D eigenvalue weighted by molar-refractivity contribution is -0.119. The Kier molecular flexibility index (Phi) is 4.71. The van der Waals surface area contributed by atoms with Crippen LogP contribution in [-0.4, -0.2) is 36.2 Å². The van der Waals surface area contributed by atoms with Gasteiger partial charge in [-0.15, -0.1) is 11.3 Å². The summed E-state index contributed by atoms with van der Waals surface area (Å²) in [5, 5.41) is 2.73. The van der Waals surface area contributed by atoms with Crippen LogP contribution in [0, 0.1) is 13.8 Å². The predicted molar refractivity (Wildman–Crippen MR) is 93.6 cm³/mol. The number of carbonyl (C=O) groups is 1. The van der Waals surface area contributed by atoms with Gasteiger partial charge in [0, 0.05) is 17.1 Å². The summed E-state index contributed by atoms with van der Waals surface area (Å²) in [6.07, 6.45) is 1.18. The fraction of sp³-hybridized carbons (Fsp3) is 0.375. The third-order valence-electron chi connectivity index (χ3n) is 3.92. The maximum atomic E-state index is 12.8. The van der Waals surface area contributed by atoms with Gasteiger partial charge in [0.2, 0.25) is 5.91 Å². The van der Waals surface area contributed by atoms with E-state index in [9.17, 15) is 13.2 Å². The van der Waals surface area contributed by atoms with Crippen LogP contribution in [0.4, 0.5) is 5.82 Å². The lowest BCUT2D eigenvalue weighted by Gasteiger charge is -2.22. The Morgan fingerprint density at radius 2 is 2.08 bits per heavy atom. The molecule has 1 saturated heterocycles. The van der Waals surface area contributed by atoms with Crippen LogP contribution in [0.2, 0.25) is 0 Å². The highest BCUT2D eigenvalue weighted by atomic mass is 32.2. The molecule has 1 fully saturated rings. The average molecular weight is 365 g/mol. The molecule has 2 aromatic heterocycles. The standard InChI is InChI=1S/C16H19N3O3S2/c1-11-5-3-7-14(17-11)18-16(20)13-6-4-10-19(13)24(21,22)15-9-8-12(2)23-15/h3,5,7-9,13H,4,6,10H2,1-2H3,(H,17,18,20). The van der Waals surface area contributed by atoms with Gasteiger partial charge in [-0.25, -0.2) is 13.4 Å². The van der Waals surface area contributed by atoms with Crippen molar-refractivity contribution in [1.29, 1.82) is 0 Å². The fourth-order valence-corrected chi connectivity index (χ4v) is 5.85. The minimum atomic E-state index is -3.64. The minimum Gasteiger partial charge on any atom is -0.309 e. The maximum Gasteiger partial charge on any atom is 0.253 e. The monoisotopic (exact) mass is 365 g/mol. The highest BCUT2D eigenvalue weighted by molar-refractivity contribution is 7.91. The number of hydrogen-bond acceptors (Lipinski definition) is 5. The molecule has 1 unspecified atom stereocenters. The van der Waals surface area contributed by atoms with E-state index in [2.05, 4.69) is 10.3 Å². The van der Waals surface area contributed by atoms with Gasteiger partial charge in [0.1, 0.15) is 16.1 Å². The Labute approximate surface area is 145 Å². The van der Waals surface area contributed by atoms with Crippen LogP contribution in [0.25, 0.3) is 0 Å². The number of nitrogens with one attached hydrogen (secondary N) is 1. The number of rotatable bonds is 4. The lowest BCUT2D eigenvalue weighted by Crippen LogP contribution is -2.43. The summed E-state index contributed by atoms with van der Waals surface area (Å²) >= 11 is 1.23. The molecule has 1 aliphatic heterocycles. The van der Waals surface area contributed by atoms with E-state index in [4.69, 9.17) is 0 Å². The highest BCUT2D eigenvalue weighted by Crippen LogP contribution is 2.30. The molecule has 3 rings (SSSR count). The lowest BCUT2D eigenvalue weighted by atomic mass is 10.2. The van der Waals surface area contributed by atoms with Gasteiger partial charge in [0.15, 0.2) is 0 Å². The maximum absolute atomic E-state index is 12.8. The molecule has 3 heterocycles. The topological polar surface area (TPSA) is 79.4 Å². The molecule has 128 valence electrons. The molecule has 0 bridgehead atoms. The van der Waals surface area contributed by atoms with Gasteiger partial charge in [-0.2, -0.15) is 4.31 Å². The fourth-order valence-electron chi connectivity index (χ4n) is 2.78. The molecule has 8 heteroatoms. The van der Waals surface area contributed by atoms with E-state index in [0.29, 0.717) is 25.2 Å². The molecular weight excluding hydrogens is 346 g/mol. The first-order valence-electron chi connectivity index (χ1n) is 7.71. The van der Waals surface area contributed by atoms with Crippen LogP contribution in [0.3, 0.4) is 0 Å². The molecule has 1 aliphatic rings. The van der Waals surface area contributed by atoms with E-state index in [1.165, 1.54) is 15.6 Å².